The van der Waals surface area contributed by atoms with Gasteiger partial charge in [0.15, 0.2) is 0 Å². The van der Waals surface area contributed by atoms with Crippen LogP contribution in [0, 0.1) is 23.7 Å². The molecule has 0 spiro atoms. The van der Waals surface area contributed by atoms with Gasteiger partial charge in [-0.2, -0.15) is 0 Å². The first-order valence-corrected chi connectivity index (χ1v) is 17.0. The van der Waals surface area contributed by atoms with Crippen molar-refractivity contribution in [1.29, 1.82) is 0 Å². The summed E-state index contributed by atoms with van der Waals surface area (Å²) in [6.45, 7) is 1.34. The lowest BCUT2D eigenvalue weighted by Crippen LogP contribution is -2.60. The lowest BCUT2D eigenvalue weighted by atomic mass is 9.55. The first-order chi connectivity index (χ1) is 22.5. The topological polar surface area (TPSA) is 138 Å². The van der Waals surface area contributed by atoms with Crippen molar-refractivity contribution in [3.63, 3.8) is 0 Å². The van der Waals surface area contributed by atoms with Crippen LogP contribution in [0.15, 0.2) is 48.7 Å². The van der Waals surface area contributed by atoms with Crippen LogP contribution in [0.5, 0.6) is 5.75 Å². The van der Waals surface area contributed by atoms with E-state index in [0.717, 1.165) is 41.5 Å². The number of carbonyl (C=O) groups excluding carboxylic acids is 3. The fourth-order valence-corrected chi connectivity index (χ4v) is 9.20. The molecule has 1 saturated heterocycles. The molecular weight excluding hydrogens is 645 g/mol. The molecule has 3 atom stereocenters. The van der Waals surface area contributed by atoms with E-state index in [-0.39, 0.29) is 36.3 Å². The van der Waals surface area contributed by atoms with Gasteiger partial charge in [0, 0.05) is 35.0 Å². The summed E-state index contributed by atoms with van der Waals surface area (Å²) in [4.78, 5) is 58.4. The largest absolute Gasteiger partial charge is 0.487 e. The van der Waals surface area contributed by atoms with Gasteiger partial charge in [-0.3, -0.25) is 9.59 Å². The van der Waals surface area contributed by atoms with Crippen LogP contribution in [-0.2, 0) is 25.5 Å². The van der Waals surface area contributed by atoms with E-state index < -0.39 is 41.4 Å². The molecule has 3 aromatic rings. The fourth-order valence-electron chi connectivity index (χ4n) is 8.74. The number of aliphatic carboxylic acids is 1. The summed E-state index contributed by atoms with van der Waals surface area (Å²) in [7, 11) is 0. The van der Waals surface area contributed by atoms with Gasteiger partial charge in [0.05, 0.1) is 11.6 Å². The average Bonchev–Trinajstić information content (AvgIpc) is 3.64. The summed E-state index contributed by atoms with van der Waals surface area (Å²) in [6, 6.07) is 10.9. The molecule has 1 aromatic heterocycles. The zero-order valence-electron chi connectivity index (χ0n) is 25.9. The average molecular weight is 683 g/mol. The molecule has 3 N–H and O–H groups in total. The van der Waals surface area contributed by atoms with E-state index in [4.69, 9.17) is 32.7 Å². The number of carboxylic acid groups (broad SMARTS) is 1. The lowest BCUT2D eigenvalue weighted by molar-refractivity contribution is -0.154. The molecule has 248 valence electrons. The van der Waals surface area contributed by atoms with Gasteiger partial charge in [-0.05, 0) is 92.5 Å². The Labute approximate surface area is 282 Å². The van der Waals surface area contributed by atoms with Crippen molar-refractivity contribution in [3.05, 3.63) is 64.3 Å². The van der Waals surface area contributed by atoms with Gasteiger partial charge in [0.25, 0.3) is 5.91 Å². The molecular formula is C35H37Cl2N3O7. The molecule has 5 fully saturated rings. The highest BCUT2D eigenvalue weighted by Gasteiger charge is 2.52. The molecule has 4 saturated carbocycles. The van der Waals surface area contributed by atoms with Gasteiger partial charge in [-0.1, -0.05) is 41.4 Å². The number of nitrogens with zero attached hydrogens (tertiary/aromatic N) is 1. The molecule has 0 radical (unpaired) electrons. The Morgan fingerprint density at radius 3 is 2.38 bits per heavy atom. The molecule has 8 rings (SSSR count). The number of aromatic nitrogens is 1. The quantitative estimate of drug-likeness (QED) is 0.235. The molecule has 4 aliphatic carbocycles. The molecule has 47 heavy (non-hydrogen) atoms. The maximum absolute atomic E-state index is 14.3. The van der Waals surface area contributed by atoms with Crippen molar-refractivity contribution >= 4 is 57.9 Å². The number of ether oxygens (including phenoxy) is 2. The fraction of sp³-hybridized carbons (Fsp3) is 0.486. The van der Waals surface area contributed by atoms with Crippen LogP contribution in [-0.4, -0.2) is 69.1 Å². The van der Waals surface area contributed by atoms with Gasteiger partial charge in [-0.25, -0.2) is 9.59 Å². The molecule has 12 heteroatoms. The number of likely N-dealkylation sites (tertiary alicyclic amines) is 1. The number of rotatable bonds is 9. The third-order valence-electron chi connectivity index (χ3n) is 10.7. The van der Waals surface area contributed by atoms with Crippen LogP contribution < -0.4 is 10.1 Å². The maximum atomic E-state index is 14.3. The van der Waals surface area contributed by atoms with E-state index in [1.807, 2.05) is 24.3 Å². The third kappa shape index (κ3) is 6.18. The van der Waals surface area contributed by atoms with Crippen molar-refractivity contribution in [3.8, 4) is 5.75 Å². The summed E-state index contributed by atoms with van der Waals surface area (Å²) in [5.74, 6) is -0.960. The van der Waals surface area contributed by atoms with E-state index in [2.05, 4.69) is 10.3 Å². The number of amides is 2. The standard InChI is InChI=1S/C35H37Cl2N3O7/c1-35(15-22-16-38-27-5-3-2-4-25(22)27,39-34(45)47-30-20-9-18-8-19(11-20)12-21(30)10-18)31(41)32(42)40-17-24(14-28(40)33(43)44)46-29-7-6-23(36)13-26(29)37/h2-7,13,16,18-21,24,28,30,38H,8-12,14-15,17H2,1H3,(H,39,45)(H,43,44)/t18?,19?,20?,21?,24-,28-,30?,35-/m1/s1. The molecule has 1 aliphatic heterocycles. The van der Waals surface area contributed by atoms with Gasteiger partial charge in [-0.15, -0.1) is 0 Å². The second-order valence-corrected chi connectivity index (χ2v) is 14.8. The number of hydrogen-bond donors (Lipinski definition) is 3. The monoisotopic (exact) mass is 681 g/mol. The number of para-hydroxylation sites is 1. The molecule has 5 aliphatic rings. The number of hydrogen-bond acceptors (Lipinski definition) is 6. The summed E-state index contributed by atoms with van der Waals surface area (Å²) in [5, 5.41) is 14.3. The smallest absolute Gasteiger partial charge is 0.408 e. The van der Waals surface area contributed by atoms with Crippen LogP contribution in [0.3, 0.4) is 0 Å². The summed E-state index contributed by atoms with van der Waals surface area (Å²) in [6.07, 6.45) is 5.39. The molecule has 2 amide bonds. The summed E-state index contributed by atoms with van der Waals surface area (Å²) < 4.78 is 12.0. The van der Waals surface area contributed by atoms with Gasteiger partial charge in [0.1, 0.15) is 29.5 Å². The number of H-pyrrole nitrogens is 1. The number of nitrogens with one attached hydrogen (secondary N) is 2. The van der Waals surface area contributed by atoms with E-state index >= 15 is 0 Å². The number of benzene rings is 2. The van der Waals surface area contributed by atoms with Crippen LogP contribution >= 0.6 is 23.2 Å². The van der Waals surface area contributed by atoms with Crippen LogP contribution in [0.4, 0.5) is 4.79 Å². The van der Waals surface area contributed by atoms with Gasteiger partial charge in [0.2, 0.25) is 5.78 Å². The Kier molecular flexibility index (Phi) is 8.37. The zero-order chi connectivity index (χ0) is 33.0. The summed E-state index contributed by atoms with van der Waals surface area (Å²) >= 11 is 12.3. The van der Waals surface area contributed by atoms with Crippen LogP contribution in [0.2, 0.25) is 10.0 Å². The zero-order valence-corrected chi connectivity index (χ0v) is 27.4. The van der Waals surface area contributed by atoms with Crippen molar-refractivity contribution < 1.29 is 33.8 Å². The predicted molar refractivity (Wildman–Crippen MR) is 174 cm³/mol. The van der Waals surface area contributed by atoms with Crippen molar-refractivity contribution in [1.82, 2.24) is 15.2 Å². The number of ketones is 1. The molecule has 0 unspecified atom stereocenters. The number of Topliss-reactive ketones (excluding diaryl/α,β-unsaturated/α-hetero) is 1. The highest BCUT2D eigenvalue weighted by molar-refractivity contribution is 6.40. The third-order valence-corrected chi connectivity index (χ3v) is 11.2. The van der Waals surface area contributed by atoms with E-state index in [1.54, 1.807) is 18.3 Å². The second-order valence-electron chi connectivity index (χ2n) is 14.0. The van der Waals surface area contributed by atoms with Gasteiger partial charge >= 0.3 is 12.1 Å². The minimum Gasteiger partial charge on any atom is -0.487 e. The maximum Gasteiger partial charge on any atom is 0.408 e. The first kappa shape index (κ1) is 31.8. The second kappa shape index (κ2) is 12.4. The Balaban J connectivity index is 1.13. The Morgan fingerprint density at radius 2 is 1.70 bits per heavy atom. The minimum absolute atomic E-state index is 0.0236. The lowest BCUT2D eigenvalue weighted by Gasteiger charge is -2.53. The van der Waals surface area contributed by atoms with E-state index in [1.165, 1.54) is 19.4 Å². The number of carboxylic acids is 1. The highest BCUT2D eigenvalue weighted by atomic mass is 35.5. The van der Waals surface area contributed by atoms with Crippen molar-refractivity contribution in [2.24, 2.45) is 23.7 Å². The van der Waals surface area contributed by atoms with Gasteiger partial charge < -0.3 is 29.8 Å². The number of halogens is 2. The molecule has 2 aromatic carbocycles. The Bertz CT molecular complexity index is 1710. The van der Waals surface area contributed by atoms with E-state index in [9.17, 15) is 24.3 Å². The van der Waals surface area contributed by atoms with Crippen molar-refractivity contribution in [2.75, 3.05) is 6.54 Å². The number of fused-ring (bicyclic) bond motifs is 1. The Morgan fingerprint density at radius 1 is 1.00 bits per heavy atom. The van der Waals surface area contributed by atoms with E-state index in [0.29, 0.717) is 34.3 Å². The Hall–Kier alpha value is -3.76. The number of aromatic amines is 1. The summed E-state index contributed by atoms with van der Waals surface area (Å²) in [5.41, 5.74) is -0.188. The molecule has 4 bridgehead atoms. The van der Waals surface area contributed by atoms with Crippen molar-refractivity contribution in [2.45, 2.75) is 75.7 Å². The first-order valence-electron chi connectivity index (χ1n) is 16.2. The molecule has 2 heterocycles. The van der Waals surface area contributed by atoms with Crippen LogP contribution in [0.25, 0.3) is 10.9 Å². The molecule has 10 nitrogen and oxygen atoms in total. The number of alkyl carbamates (subject to hydrolysis) is 1. The predicted octanol–water partition coefficient (Wildman–Crippen LogP) is 6.03. The minimum atomic E-state index is -1.74. The van der Waals surface area contributed by atoms with Crippen LogP contribution in [0.1, 0.15) is 51.0 Å². The highest BCUT2D eigenvalue weighted by Crippen LogP contribution is 2.54. The number of carbonyl (C=O) groups is 4. The SMILES string of the molecule is C[C@](Cc1c[nH]c2ccccc12)(NC(=O)OC1C2CC3CC(C2)CC1C3)C(=O)C(=O)N1C[C@H](Oc2ccc(Cl)cc2Cl)C[C@@H]1C(=O)O. The normalized spacial score (nSPS) is 29.0.